The van der Waals surface area contributed by atoms with E-state index in [4.69, 9.17) is 30.5 Å². The highest BCUT2D eigenvalue weighted by atomic mass is 35.5. The zero-order valence-electron chi connectivity index (χ0n) is 46.5. The van der Waals surface area contributed by atoms with Gasteiger partial charge in [0, 0.05) is 11.6 Å². The quantitative estimate of drug-likeness (QED) is 0.00955. The summed E-state index contributed by atoms with van der Waals surface area (Å²) in [5.41, 5.74) is 4.37. The van der Waals surface area contributed by atoms with Crippen LogP contribution in [0.25, 0.3) is 24.3 Å². The molecular formula is C67H86ClNO8. The summed E-state index contributed by atoms with van der Waals surface area (Å²) in [6.07, 6.45) is 41.0. The van der Waals surface area contributed by atoms with Gasteiger partial charge in [0.15, 0.2) is 5.75 Å². The van der Waals surface area contributed by atoms with Crippen LogP contribution in [0.2, 0.25) is 5.02 Å². The van der Waals surface area contributed by atoms with Crippen molar-refractivity contribution in [2.24, 2.45) is 0 Å². The maximum atomic E-state index is 13.2. The molecule has 0 atom stereocenters. The van der Waals surface area contributed by atoms with Gasteiger partial charge in [-0.3, -0.25) is 10.1 Å². The van der Waals surface area contributed by atoms with Crippen molar-refractivity contribution in [1.29, 1.82) is 0 Å². The second kappa shape index (κ2) is 36.8. The number of carbonyl (C=O) groups is 2. The summed E-state index contributed by atoms with van der Waals surface area (Å²) < 4.78 is 23.4. The fraction of sp³-hybridized carbons (Fsp3) is 0.463. The molecule has 0 radical (unpaired) electrons. The van der Waals surface area contributed by atoms with Crippen LogP contribution in [0, 0.1) is 17.0 Å². The van der Waals surface area contributed by atoms with Crippen molar-refractivity contribution in [3.05, 3.63) is 157 Å². The lowest BCUT2D eigenvalue weighted by atomic mass is 10.0. The molecule has 0 aliphatic heterocycles. The highest BCUT2D eigenvalue weighted by molar-refractivity contribution is 6.32. The number of halogens is 1. The number of hydrogen-bond donors (Lipinski definition) is 0. The average Bonchev–Trinajstić information content (AvgIpc) is 3.44. The molecule has 9 nitrogen and oxygen atoms in total. The van der Waals surface area contributed by atoms with Gasteiger partial charge in [0.25, 0.3) is 0 Å². The smallest absolute Gasteiger partial charge is 0.343 e. The van der Waals surface area contributed by atoms with Crippen LogP contribution in [0.5, 0.6) is 23.0 Å². The Morgan fingerprint density at radius 3 is 1.17 bits per heavy atom. The maximum Gasteiger partial charge on any atom is 0.343 e. The van der Waals surface area contributed by atoms with Crippen molar-refractivity contribution in [1.82, 2.24) is 0 Å². The Morgan fingerprint density at radius 2 is 0.779 bits per heavy atom. The van der Waals surface area contributed by atoms with Crippen molar-refractivity contribution in [2.45, 2.75) is 188 Å². The monoisotopic (exact) mass is 1070 g/mol. The van der Waals surface area contributed by atoms with E-state index < -0.39 is 16.9 Å². The molecule has 0 fully saturated rings. The maximum absolute atomic E-state index is 13.2. The van der Waals surface area contributed by atoms with E-state index in [1.54, 1.807) is 79.7 Å². The molecule has 0 saturated heterocycles. The number of benzene rings is 5. The molecule has 0 aliphatic rings. The van der Waals surface area contributed by atoms with E-state index in [0.717, 1.165) is 42.4 Å². The van der Waals surface area contributed by atoms with Gasteiger partial charge < -0.3 is 18.9 Å². The Hall–Kier alpha value is -6.19. The van der Waals surface area contributed by atoms with Crippen molar-refractivity contribution in [2.75, 3.05) is 13.2 Å². The third-order valence-electron chi connectivity index (χ3n) is 14.0. The molecule has 0 amide bonds. The molecule has 77 heavy (non-hydrogen) atoms. The van der Waals surface area contributed by atoms with Gasteiger partial charge in [-0.05, 0) is 96.6 Å². The van der Waals surface area contributed by atoms with E-state index in [0.29, 0.717) is 46.2 Å². The Balaban J connectivity index is 0.991. The number of nitrogens with zero attached hydrogens (tertiary/aromatic N) is 1. The zero-order valence-corrected chi connectivity index (χ0v) is 47.3. The first kappa shape index (κ1) is 61.7. The summed E-state index contributed by atoms with van der Waals surface area (Å²) in [6, 6.07) is 29.6. The number of carbonyl (C=O) groups excluding carboxylic acids is 2. The highest BCUT2D eigenvalue weighted by Gasteiger charge is 2.18. The molecule has 0 unspecified atom stereocenters. The van der Waals surface area contributed by atoms with E-state index in [1.165, 1.54) is 147 Å². The van der Waals surface area contributed by atoms with Gasteiger partial charge in [-0.1, -0.05) is 246 Å². The first-order chi connectivity index (χ1) is 37.6. The predicted molar refractivity (Wildman–Crippen MR) is 319 cm³/mol. The minimum absolute atomic E-state index is 0.0743. The van der Waals surface area contributed by atoms with E-state index in [2.05, 4.69) is 13.8 Å². The fourth-order valence-electron chi connectivity index (χ4n) is 9.22. The zero-order chi connectivity index (χ0) is 54.7. The number of rotatable bonds is 39. The van der Waals surface area contributed by atoms with Crippen LogP contribution >= 0.6 is 11.6 Å². The molecule has 0 saturated carbocycles. The second-order valence-electron chi connectivity index (χ2n) is 20.4. The lowest BCUT2D eigenvalue weighted by molar-refractivity contribution is -0.385. The molecule has 0 aromatic heterocycles. The van der Waals surface area contributed by atoms with Crippen LogP contribution in [0.4, 0.5) is 5.69 Å². The highest BCUT2D eigenvalue weighted by Crippen LogP contribution is 2.32. The largest absolute Gasteiger partial charge is 0.492 e. The van der Waals surface area contributed by atoms with Crippen molar-refractivity contribution in [3.8, 4) is 23.0 Å². The van der Waals surface area contributed by atoms with Crippen LogP contribution in [-0.4, -0.2) is 30.1 Å². The fourth-order valence-corrected chi connectivity index (χ4v) is 9.47. The molecule has 5 aromatic rings. The van der Waals surface area contributed by atoms with Crippen LogP contribution in [0.3, 0.4) is 0 Å². The Bertz CT molecular complexity index is 2570. The molecule has 10 heteroatoms. The number of nitro benzene ring substituents is 1. The van der Waals surface area contributed by atoms with E-state index in [-0.39, 0.29) is 22.9 Å². The molecule has 0 bridgehead atoms. The minimum Gasteiger partial charge on any atom is -0.492 e. The molecule has 0 heterocycles. The minimum atomic E-state index is -0.577. The van der Waals surface area contributed by atoms with Gasteiger partial charge in [-0.15, -0.1) is 0 Å². The molecule has 5 aromatic carbocycles. The number of hydrogen-bond acceptors (Lipinski definition) is 8. The summed E-state index contributed by atoms with van der Waals surface area (Å²) in [7, 11) is 0. The number of esters is 2. The normalized spacial score (nSPS) is 11.4. The summed E-state index contributed by atoms with van der Waals surface area (Å²) >= 11 is 6.60. The Morgan fingerprint density at radius 1 is 0.442 bits per heavy atom. The molecule has 0 aliphatic carbocycles. The van der Waals surface area contributed by atoms with Gasteiger partial charge in [0.1, 0.15) is 17.2 Å². The molecule has 0 spiro atoms. The van der Waals surface area contributed by atoms with Crippen LogP contribution in [0.15, 0.2) is 103 Å². The second-order valence-corrected chi connectivity index (χ2v) is 20.8. The Kier molecular flexibility index (Phi) is 29.4. The molecule has 414 valence electrons. The van der Waals surface area contributed by atoms with Crippen LogP contribution < -0.4 is 18.9 Å². The molecule has 5 rings (SSSR count). The van der Waals surface area contributed by atoms with Crippen LogP contribution in [0.1, 0.15) is 229 Å². The van der Waals surface area contributed by atoms with Gasteiger partial charge >= 0.3 is 17.6 Å². The van der Waals surface area contributed by atoms with Crippen molar-refractivity contribution in [3.63, 3.8) is 0 Å². The summed E-state index contributed by atoms with van der Waals surface area (Å²) in [5, 5.41) is 12.5. The standard InChI is InChI=1S/C67H86ClNO8/c1-4-6-8-10-12-14-16-17-18-19-20-21-23-24-26-28-49-74-64-47-41-56(51-60(64)68)35-33-54-37-43-58(44-38-54)66(70)76-62-31-30-32-63(53(62)3)77-67(71)59-45-39-55(40-46-59)34-36-57-42-48-65(61(52-57)69(72)73)75-50-29-27-25-22-15-13-11-9-7-5-2/h30-48,51-52H,4-29,49-50H2,1-3H3/b35-33+,36-34+. The molecular weight excluding hydrogens is 982 g/mol. The number of nitro groups is 1. The van der Waals surface area contributed by atoms with Gasteiger partial charge in [0.2, 0.25) is 0 Å². The summed E-state index contributed by atoms with van der Waals surface area (Å²) in [4.78, 5) is 38.0. The van der Waals surface area contributed by atoms with Crippen LogP contribution in [-0.2, 0) is 0 Å². The lowest BCUT2D eigenvalue weighted by Gasteiger charge is -2.12. The van der Waals surface area contributed by atoms with Gasteiger partial charge in [-0.2, -0.15) is 0 Å². The Labute approximate surface area is 466 Å². The number of unbranched alkanes of at least 4 members (excludes halogenated alkanes) is 24. The lowest BCUT2D eigenvalue weighted by Crippen LogP contribution is -2.12. The first-order valence-electron chi connectivity index (χ1n) is 29.1. The SMILES string of the molecule is CCCCCCCCCCCCCCCCCCOc1ccc(/C=C/c2ccc(C(=O)Oc3cccc(OC(=O)c4ccc(/C=C/c5ccc(OCCCCCCCCCCCC)c([N+](=O)[O-])c5)cc4)c3C)cc2)cc1Cl. The van der Waals surface area contributed by atoms with E-state index in [9.17, 15) is 19.7 Å². The van der Waals surface area contributed by atoms with E-state index >= 15 is 0 Å². The van der Waals surface area contributed by atoms with Crippen molar-refractivity contribution < 1.29 is 33.5 Å². The van der Waals surface area contributed by atoms with E-state index in [1.807, 2.05) is 48.6 Å². The van der Waals surface area contributed by atoms with Crippen molar-refractivity contribution >= 4 is 53.5 Å². The molecule has 0 N–H and O–H groups in total. The third-order valence-corrected chi connectivity index (χ3v) is 14.3. The third kappa shape index (κ3) is 23.9. The first-order valence-corrected chi connectivity index (χ1v) is 29.5. The summed E-state index contributed by atoms with van der Waals surface area (Å²) in [5.74, 6) is 0.373. The van der Waals surface area contributed by atoms with Gasteiger partial charge in [-0.25, -0.2) is 9.59 Å². The average molecular weight is 1070 g/mol. The summed E-state index contributed by atoms with van der Waals surface area (Å²) in [6.45, 7) is 7.33. The predicted octanol–water partition coefficient (Wildman–Crippen LogP) is 20.3. The van der Waals surface area contributed by atoms with Gasteiger partial charge in [0.05, 0.1) is 34.3 Å². The number of ether oxygens (including phenoxy) is 4. The topological polar surface area (TPSA) is 114 Å².